The highest BCUT2D eigenvalue weighted by molar-refractivity contribution is 5.90. The fourth-order valence-corrected chi connectivity index (χ4v) is 2.07. The second kappa shape index (κ2) is 5.80. The average Bonchev–Trinajstić information content (AvgIpc) is 3.01. The summed E-state index contributed by atoms with van der Waals surface area (Å²) in [6.45, 7) is 0. The summed E-state index contributed by atoms with van der Waals surface area (Å²) in [6.07, 6.45) is 1.56. The van der Waals surface area contributed by atoms with E-state index in [1.54, 1.807) is 30.5 Å². The molecule has 3 aromatic rings. The molecule has 0 aliphatic rings. The van der Waals surface area contributed by atoms with E-state index in [-0.39, 0.29) is 11.6 Å². The summed E-state index contributed by atoms with van der Waals surface area (Å²) in [7, 11) is 1.52. The summed E-state index contributed by atoms with van der Waals surface area (Å²) in [5, 5.41) is 9.40. The number of ether oxygens (including phenoxy) is 1. The maximum atomic E-state index is 11.4. The van der Waals surface area contributed by atoms with Crippen molar-refractivity contribution in [2.24, 2.45) is 5.73 Å². The lowest BCUT2D eigenvalue weighted by Gasteiger charge is -2.03. The molecule has 0 fully saturated rings. The molecule has 1 amide bonds. The summed E-state index contributed by atoms with van der Waals surface area (Å²) in [4.78, 5) is 19.6. The Morgan fingerprint density at radius 3 is 2.43 bits per heavy atom. The molecule has 0 saturated heterocycles. The van der Waals surface area contributed by atoms with Gasteiger partial charge in [0.2, 0.25) is 5.88 Å². The standard InChI is InChI=1S/C16H13N3O4/c1-22-12-7-4-10(8-18-12)13-14(23-16(19-13)15(17)21)9-2-5-11(20)6-3-9/h2-8,20H,1H3,(H2,17,21). The third kappa shape index (κ3) is 2.84. The van der Waals surface area contributed by atoms with Crippen molar-refractivity contribution in [2.45, 2.75) is 0 Å². The average molecular weight is 311 g/mol. The first-order valence-electron chi connectivity index (χ1n) is 6.69. The lowest BCUT2D eigenvalue weighted by atomic mass is 10.1. The number of pyridine rings is 1. The molecule has 116 valence electrons. The van der Waals surface area contributed by atoms with E-state index in [2.05, 4.69) is 9.97 Å². The number of nitrogens with two attached hydrogens (primary N) is 1. The SMILES string of the molecule is COc1ccc(-c2nc(C(N)=O)oc2-c2ccc(O)cc2)cn1. The second-order valence-electron chi connectivity index (χ2n) is 4.70. The van der Waals surface area contributed by atoms with Crippen LogP contribution in [0.3, 0.4) is 0 Å². The Labute approximate surface area is 131 Å². The Morgan fingerprint density at radius 1 is 1.17 bits per heavy atom. The van der Waals surface area contributed by atoms with E-state index in [4.69, 9.17) is 14.9 Å². The van der Waals surface area contributed by atoms with E-state index in [1.165, 1.54) is 19.2 Å². The molecule has 0 saturated carbocycles. The van der Waals surface area contributed by atoms with Gasteiger partial charge in [-0.3, -0.25) is 4.79 Å². The molecule has 0 spiro atoms. The van der Waals surface area contributed by atoms with Crippen LogP contribution in [0.2, 0.25) is 0 Å². The fraction of sp³-hybridized carbons (Fsp3) is 0.0625. The van der Waals surface area contributed by atoms with Gasteiger partial charge in [0.25, 0.3) is 5.89 Å². The third-order valence-electron chi connectivity index (χ3n) is 3.19. The van der Waals surface area contributed by atoms with Crippen molar-refractivity contribution in [3.63, 3.8) is 0 Å². The van der Waals surface area contributed by atoms with Gasteiger partial charge in [0, 0.05) is 23.4 Å². The van der Waals surface area contributed by atoms with Crippen molar-refractivity contribution < 1.29 is 19.1 Å². The number of rotatable bonds is 4. The monoisotopic (exact) mass is 311 g/mol. The molecular formula is C16H13N3O4. The summed E-state index contributed by atoms with van der Waals surface area (Å²) >= 11 is 0. The van der Waals surface area contributed by atoms with Gasteiger partial charge in [-0.15, -0.1) is 0 Å². The zero-order valence-electron chi connectivity index (χ0n) is 12.2. The van der Waals surface area contributed by atoms with E-state index < -0.39 is 5.91 Å². The molecule has 0 aliphatic carbocycles. The molecule has 1 aromatic carbocycles. The number of methoxy groups -OCH3 is 1. The lowest BCUT2D eigenvalue weighted by Crippen LogP contribution is -2.10. The topological polar surface area (TPSA) is 111 Å². The number of carbonyl (C=O) groups is 1. The maximum Gasteiger partial charge on any atom is 0.304 e. The highest BCUT2D eigenvalue weighted by Crippen LogP contribution is 2.33. The zero-order chi connectivity index (χ0) is 16.4. The Morgan fingerprint density at radius 2 is 1.87 bits per heavy atom. The lowest BCUT2D eigenvalue weighted by molar-refractivity contribution is 0.0968. The number of primary amides is 1. The smallest absolute Gasteiger partial charge is 0.304 e. The van der Waals surface area contributed by atoms with Gasteiger partial charge in [0.15, 0.2) is 5.76 Å². The highest BCUT2D eigenvalue weighted by atomic mass is 16.5. The zero-order valence-corrected chi connectivity index (χ0v) is 12.2. The Kier molecular flexibility index (Phi) is 3.68. The third-order valence-corrected chi connectivity index (χ3v) is 3.19. The van der Waals surface area contributed by atoms with Crippen molar-refractivity contribution in [3.8, 4) is 34.2 Å². The molecule has 7 nitrogen and oxygen atoms in total. The number of aromatic nitrogens is 2. The van der Waals surface area contributed by atoms with Crippen molar-refractivity contribution >= 4 is 5.91 Å². The van der Waals surface area contributed by atoms with Gasteiger partial charge < -0.3 is 20.0 Å². The molecule has 3 rings (SSSR count). The van der Waals surface area contributed by atoms with Crippen LogP contribution in [-0.4, -0.2) is 28.1 Å². The predicted octanol–water partition coefficient (Wildman–Crippen LogP) is 2.22. The number of nitrogens with zero attached hydrogens (tertiary/aromatic N) is 2. The van der Waals surface area contributed by atoms with E-state index in [9.17, 15) is 9.90 Å². The summed E-state index contributed by atoms with van der Waals surface area (Å²) in [5.41, 5.74) is 6.97. The van der Waals surface area contributed by atoms with Crippen LogP contribution in [0.4, 0.5) is 0 Å². The van der Waals surface area contributed by atoms with Gasteiger partial charge in [-0.25, -0.2) is 9.97 Å². The predicted molar refractivity (Wildman–Crippen MR) is 81.9 cm³/mol. The van der Waals surface area contributed by atoms with Crippen molar-refractivity contribution in [1.82, 2.24) is 9.97 Å². The number of hydrogen-bond donors (Lipinski definition) is 2. The molecular weight excluding hydrogens is 298 g/mol. The molecule has 23 heavy (non-hydrogen) atoms. The normalized spacial score (nSPS) is 10.5. The Bertz CT molecular complexity index is 839. The molecule has 0 atom stereocenters. The van der Waals surface area contributed by atoms with Gasteiger partial charge in [-0.05, 0) is 30.3 Å². The quantitative estimate of drug-likeness (QED) is 0.764. The van der Waals surface area contributed by atoms with Crippen LogP contribution in [0.25, 0.3) is 22.6 Å². The molecule has 0 aliphatic heterocycles. The number of hydrogen-bond acceptors (Lipinski definition) is 6. The number of phenolic OH excluding ortho intramolecular Hbond substituents is 1. The van der Waals surface area contributed by atoms with E-state index in [0.717, 1.165) is 0 Å². The minimum atomic E-state index is -0.766. The molecule has 0 unspecified atom stereocenters. The first kappa shape index (κ1) is 14.6. The first-order chi connectivity index (χ1) is 11.1. The number of benzene rings is 1. The van der Waals surface area contributed by atoms with E-state index in [1.807, 2.05) is 0 Å². The van der Waals surface area contributed by atoms with Crippen LogP contribution in [0, 0.1) is 0 Å². The van der Waals surface area contributed by atoms with Crippen LogP contribution in [0.5, 0.6) is 11.6 Å². The van der Waals surface area contributed by atoms with E-state index in [0.29, 0.717) is 28.5 Å². The number of amides is 1. The second-order valence-corrected chi connectivity index (χ2v) is 4.70. The van der Waals surface area contributed by atoms with Crippen LogP contribution >= 0.6 is 0 Å². The Hall–Kier alpha value is -3.35. The summed E-state index contributed by atoms with van der Waals surface area (Å²) in [6, 6.07) is 9.75. The summed E-state index contributed by atoms with van der Waals surface area (Å²) in [5.74, 6) is -0.0167. The van der Waals surface area contributed by atoms with Crippen LogP contribution < -0.4 is 10.5 Å². The molecule has 2 aromatic heterocycles. The largest absolute Gasteiger partial charge is 0.508 e. The van der Waals surface area contributed by atoms with Gasteiger partial charge in [-0.2, -0.15) is 0 Å². The van der Waals surface area contributed by atoms with Gasteiger partial charge in [0.1, 0.15) is 11.4 Å². The fourth-order valence-electron chi connectivity index (χ4n) is 2.07. The molecule has 0 bridgehead atoms. The van der Waals surface area contributed by atoms with Crippen molar-refractivity contribution in [1.29, 1.82) is 0 Å². The van der Waals surface area contributed by atoms with Gasteiger partial charge >= 0.3 is 5.91 Å². The molecule has 3 N–H and O–H groups in total. The summed E-state index contributed by atoms with van der Waals surface area (Å²) < 4.78 is 10.5. The van der Waals surface area contributed by atoms with Crippen LogP contribution in [0.1, 0.15) is 10.7 Å². The maximum absolute atomic E-state index is 11.4. The minimum Gasteiger partial charge on any atom is -0.508 e. The number of oxazole rings is 1. The number of phenols is 1. The minimum absolute atomic E-state index is 0.121. The highest BCUT2D eigenvalue weighted by Gasteiger charge is 2.20. The number of aromatic hydroxyl groups is 1. The van der Waals surface area contributed by atoms with Crippen molar-refractivity contribution in [3.05, 3.63) is 48.5 Å². The Balaban J connectivity index is 2.13. The molecule has 7 heteroatoms. The number of carbonyl (C=O) groups excluding carboxylic acids is 1. The van der Waals surface area contributed by atoms with Gasteiger partial charge in [0.05, 0.1) is 7.11 Å². The van der Waals surface area contributed by atoms with Crippen LogP contribution in [0.15, 0.2) is 47.0 Å². The van der Waals surface area contributed by atoms with Crippen LogP contribution in [-0.2, 0) is 0 Å². The first-order valence-corrected chi connectivity index (χ1v) is 6.69. The van der Waals surface area contributed by atoms with Crippen molar-refractivity contribution in [2.75, 3.05) is 7.11 Å². The molecule has 0 radical (unpaired) electrons. The van der Waals surface area contributed by atoms with Gasteiger partial charge in [-0.1, -0.05) is 0 Å². The molecule has 2 heterocycles. The van der Waals surface area contributed by atoms with E-state index >= 15 is 0 Å².